The molecule has 0 heterocycles. The zero-order valence-corrected chi connectivity index (χ0v) is 11.5. The normalized spacial score (nSPS) is 10.2. The molecule has 4 nitrogen and oxygen atoms in total. The summed E-state index contributed by atoms with van der Waals surface area (Å²) in [4.78, 5) is 12.5. The van der Waals surface area contributed by atoms with Crippen LogP contribution in [0.1, 0.15) is 5.56 Å². The van der Waals surface area contributed by atoms with Crippen molar-refractivity contribution in [3.05, 3.63) is 58.1 Å². The van der Waals surface area contributed by atoms with Gasteiger partial charge in [0.1, 0.15) is 0 Å². The lowest BCUT2D eigenvalue weighted by molar-refractivity contribution is -0.385. The summed E-state index contributed by atoms with van der Waals surface area (Å²) in [6, 6.07) is 13.0. The maximum atomic E-state index is 10.9. The lowest BCUT2D eigenvalue weighted by Crippen LogP contribution is -1.93. The van der Waals surface area contributed by atoms with Crippen molar-refractivity contribution < 1.29 is 4.92 Å². The van der Waals surface area contributed by atoms with Crippen LogP contribution in [-0.2, 0) is 0 Å². The molecule has 19 heavy (non-hydrogen) atoms. The van der Waals surface area contributed by atoms with Crippen LogP contribution in [0.2, 0.25) is 0 Å². The highest BCUT2D eigenvalue weighted by Crippen LogP contribution is 2.34. The number of nitrogens with zero attached hydrogens (tertiary/aromatic N) is 1. The van der Waals surface area contributed by atoms with Crippen LogP contribution in [-0.4, -0.2) is 12.0 Å². The quantitative estimate of drug-likeness (QED) is 0.673. The van der Waals surface area contributed by atoms with E-state index in [-0.39, 0.29) is 10.6 Å². The van der Waals surface area contributed by atoms with E-state index in [1.54, 1.807) is 13.1 Å². The van der Waals surface area contributed by atoms with Crippen LogP contribution in [0.3, 0.4) is 0 Å². The van der Waals surface area contributed by atoms with Crippen LogP contribution in [0.15, 0.2) is 52.3 Å². The molecule has 0 fully saturated rings. The lowest BCUT2D eigenvalue weighted by Gasteiger charge is -2.07. The summed E-state index contributed by atoms with van der Waals surface area (Å²) in [7, 11) is 1.75. The number of anilines is 1. The van der Waals surface area contributed by atoms with Gasteiger partial charge < -0.3 is 5.32 Å². The van der Waals surface area contributed by atoms with E-state index in [0.29, 0.717) is 0 Å². The molecular formula is C14H14N2O2S. The number of benzene rings is 2. The van der Waals surface area contributed by atoms with E-state index in [2.05, 4.69) is 5.32 Å². The van der Waals surface area contributed by atoms with Crippen molar-refractivity contribution in [2.75, 3.05) is 12.4 Å². The van der Waals surface area contributed by atoms with E-state index in [9.17, 15) is 10.1 Å². The van der Waals surface area contributed by atoms with Gasteiger partial charge in [-0.3, -0.25) is 10.1 Å². The van der Waals surface area contributed by atoms with Crippen LogP contribution in [0.25, 0.3) is 0 Å². The van der Waals surface area contributed by atoms with E-state index in [4.69, 9.17) is 0 Å². The predicted molar refractivity (Wildman–Crippen MR) is 77.9 cm³/mol. The molecule has 0 spiro atoms. The molecule has 0 aromatic heterocycles. The smallest absolute Gasteiger partial charge is 0.272 e. The third-order valence-corrected chi connectivity index (χ3v) is 3.86. The van der Waals surface area contributed by atoms with Crippen molar-refractivity contribution >= 4 is 23.1 Å². The minimum absolute atomic E-state index is 0.0999. The summed E-state index contributed by atoms with van der Waals surface area (Å²) >= 11 is 1.53. The summed E-state index contributed by atoms with van der Waals surface area (Å²) < 4.78 is 0. The summed E-state index contributed by atoms with van der Waals surface area (Å²) in [6.45, 7) is 2.03. The minimum atomic E-state index is -0.372. The molecule has 0 unspecified atom stereocenters. The molecule has 0 aliphatic heterocycles. The minimum Gasteiger partial charge on any atom is -0.388 e. The molecule has 0 aliphatic carbocycles. The third kappa shape index (κ3) is 3.26. The molecule has 0 saturated carbocycles. The Bertz CT molecular complexity index is 614. The first-order valence-electron chi connectivity index (χ1n) is 5.81. The van der Waals surface area contributed by atoms with Crippen LogP contribution >= 0.6 is 11.8 Å². The largest absolute Gasteiger partial charge is 0.388 e. The Kier molecular flexibility index (Phi) is 4.06. The molecule has 0 amide bonds. The maximum Gasteiger partial charge on any atom is 0.272 e. The number of hydrogen-bond acceptors (Lipinski definition) is 4. The number of nitrogens with one attached hydrogen (secondary N) is 1. The summed E-state index contributed by atoms with van der Waals surface area (Å²) in [6.07, 6.45) is 0. The maximum absolute atomic E-state index is 10.9. The summed E-state index contributed by atoms with van der Waals surface area (Å²) in [5.74, 6) is 0. The van der Waals surface area contributed by atoms with E-state index in [0.717, 1.165) is 21.0 Å². The van der Waals surface area contributed by atoms with Crippen molar-refractivity contribution in [3.63, 3.8) is 0 Å². The van der Waals surface area contributed by atoms with Crippen molar-refractivity contribution in [2.24, 2.45) is 0 Å². The highest BCUT2D eigenvalue weighted by Gasteiger charge is 2.10. The number of non-ortho nitro benzene ring substituents is 1. The Morgan fingerprint density at radius 1 is 1.21 bits per heavy atom. The molecule has 2 aromatic rings. The second-order valence-corrected chi connectivity index (χ2v) is 5.21. The second-order valence-electron chi connectivity index (χ2n) is 4.09. The van der Waals surface area contributed by atoms with Gasteiger partial charge in [-0.2, -0.15) is 0 Å². The summed E-state index contributed by atoms with van der Waals surface area (Å²) in [5, 5.41) is 13.9. The fraction of sp³-hybridized carbons (Fsp3) is 0.143. The summed E-state index contributed by atoms with van der Waals surface area (Å²) in [5.41, 5.74) is 2.00. The van der Waals surface area contributed by atoms with Gasteiger partial charge in [0.05, 0.1) is 4.92 Å². The van der Waals surface area contributed by atoms with E-state index >= 15 is 0 Å². The Morgan fingerprint density at radius 2 is 1.95 bits per heavy atom. The van der Waals surface area contributed by atoms with Gasteiger partial charge in [0.2, 0.25) is 0 Å². The lowest BCUT2D eigenvalue weighted by atomic mass is 10.2. The molecule has 0 radical (unpaired) electrons. The Hall–Kier alpha value is -2.01. The zero-order chi connectivity index (χ0) is 13.8. The highest BCUT2D eigenvalue weighted by atomic mass is 32.2. The number of nitro benzene ring substituents is 1. The SMILES string of the molecule is CNc1cc(Sc2ccccc2C)cc([N+](=O)[O-])c1. The average Bonchev–Trinajstić information content (AvgIpc) is 2.41. The molecule has 98 valence electrons. The molecule has 0 bridgehead atoms. The van der Waals surface area contributed by atoms with Gasteiger partial charge in [-0.25, -0.2) is 0 Å². The molecule has 2 aromatic carbocycles. The Morgan fingerprint density at radius 3 is 2.58 bits per heavy atom. The molecular weight excluding hydrogens is 260 g/mol. The monoisotopic (exact) mass is 274 g/mol. The highest BCUT2D eigenvalue weighted by molar-refractivity contribution is 7.99. The fourth-order valence-corrected chi connectivity index (χ4v) is 2.69. The van der Waals surface area contributed by atoms with Gasteiger partial charge >= 0.3 is 0 Å². The van der Waals surface area contributed by atoms with Gasteiger partial charge in [0.25, 0.3) is 5.69 Å². The van der Waals surface area contributed by atoms with Gasteiger partial charge in [-0.05, 0) is 24.6 Å². The first-order valence-corrected chi connectivity index (χ1v) is 6.62. The first-order chi connectivity index (χ1) is 9.10. The van der Waals surface area contributed by atoms with Gasteiger partial charge in [-0.15, -0.1) is 0 Å². The van der Waals surface area contributed by atoms with Gasteiger partial charge in [-0.1, -0.05) is 30.0 Å². The van der Waals surface area contributed by atoms with Crippen molar-refractivity contribution in [3.8, 4) is 0 Å². The van der Waals surface area contributed by atoms with Crippen molar-refractivity contribution in [2.45, 2.75) is 16.7 Å². The Labute approximate surface area is 116 Å². The molecule has 1 N–H and O–H groups in total. The van der Waals surface area contributed by atoms with Crippen LogP contribution in [0.4, 0.5) is 11.4 Å². The predicted octanol–water partition coefficient (Wildman–Crippen LogP) is 4.10. The standard InChI is InChI=1S/C14H14N2O2S/c1-10-5-3-4-6-14(10)19-13-8-11(15-2)7-12(9-13)16(17)18/h3-9,15H,1-2H3. The zero-order valence-electron chi connectivity index (χ0n) is 10.7. The van der Waals surface area contributed by atoms with Crippen molar-refractivity contribution in [1.29, 1.82) is 0 Å². The van der Waals surface area contributed by atoms with E-state index in [1.165, 1.54) is 17.8 Å². The van der Waals surface area contributed by atoms with Crippen molar-refractivity contribution in [1.82, 2.24) is 0 Å². The number of hydrogen-bond donors (Lipinski definition) is 1. The van der Waals surface area contributed by atoms with Gasteiger partial charge in [0, 0.05) is 34.7 Å². The molecule has 0 atom stereocenters. The first kappa shape index (κ1) is 13.4. The number of rotatable bonds is 4. The molecule has 2 rings (SSSR count). The van der Waals surface area contributed by atoms with Gasteiger partial charge in [0.15, 0.2) is 0 Å². The topological polar surface area (TPSA) is 55.2 Å². The second kappa shape index (κ2) is 5.75. The molecule has 5 heteroatoms. The van der Waals surface area contributed by atoms with E-state index in [1.807, 2.05) is 37.3 Å². The van der Waals surface area contributed by atoms with E-state index < -0.39 is 0 Å². The van der Waals surface area contributed by atoms with Crippen LogP contribution in [0.5, 0.6) is 0 Å². The number of aryl methyl sites for hydroxylation is 1. The fourth-order valence-electron chi connectivity index (χ4n) is 1.69. The molecule has 0 aliphatic rings. The average molecular weight is 274 g/mol. The van der Waals surface area contributed by atoms with Crippen LogP contribution < -0.4 is 5.32 Å². The third-order valence-electron chi connectivity index (χ3n) is 2.71. The Balaban J connectivity index is 2.37. The van der Waals surface area contributed by atoms with Crippen LogP contribution in [0, 0.1) is 17.0 Å². The molecule has 0 saturated heterocycles. The number of nitro groups is 1.